The minimum atomic E-state index is -1.26. The summed E-state index contributed by atoms with van der Waals surface area (Å²) in [6.07, 6.45) is 2.24. The number of carboxylic acids is 2. The van der Waals surface area contributed by atoms with Gasteiger partial charge in [-0.2, -0.15) is 0 Å². The number of anilines is 1. The number of nitrogens with zero attached hydrogens (tertiary/aromatic N) is 2. The summed E-state index contributed by atoms with van der Waals surface area (Å²) in [6.45, 7) is 7.76. The summed E-state index contributed by atoms with van der Waals surface area (Å²) in [5.74, 6) is -2.11. The van der Waals surface area contributed by atoms with Crippen molar-refractivity contribution in [3.63, 3.8) is 0 Å². The van der Waals surface area contributed by atoms with Crippen LogP contribution in [0.3, 0.4) is 0 Å². The molecular weight excluding hydrogens is 488 g/mol. The van der Waals surface area contributed by atoms with Crippen molar-refractivity contribution in [1.29, 1.82) is 0 Å². The molecule has 0 amide bonds. The standard InChI is InChI=1S/C26H29ClN2.C4H4O4/c1-21-7-5-6-10-26(21)29-19-17-28(18-20-29)16-15-25(22-8-3-2-4-9-22)23-11-13-24(27)14-12-23;5-3(6)1-2-4(7)8/h2-14,25H,15-20H2,1H3;1-2H,(H,5,6)(H,7,8)/b;2-1-. The molecule has 0 spiro atoms. The summed E-state index contributed by atoms with van der Waals surface area (Å²) in [4.78, 5) is 24.2. The second-order valence-electron chi connectivity index (χ2n) is 8.93. The zero-order valence-corrected chi connectivity index (χ0v) is 21.7. The molecule has 1 atom stereocenters. The summed E-state index contributed by atoms with van der Waals surface area (Å²) >= 11 is 6.12. The summed E-state index contributed by atoms with van der Waals surface area (Å²) in [7, 11) is 0. The second-order valence-corrected chi connectivity index (χ2v) is 9.36. The van der Waals surface area contributed by atoms with Gasteiger partial charge in [-0.3, -0.25) is 4.90 Å². The number of hydrogen-bond acceptors (Lipinski definition) is 4. The zero-order chi connectivity index (χ0) is 26.6. The Bertz CT molecular complexity index is 1160. The maximum absolute atomic E-state index is 9.55. The molecule has 0 radical (unpaired) electrons. The molecule has 1 unspecified atom stereocenters. The van der Waals surface area contributed by atoms with Gasteiger partial charge in [-0.25, -0.2) is 9.59 Å². The summed E-state index contributed by atoms with van der Waals surface area (Å²) in [5, 5.41) is 16.4. The molecule has 1 aliphatic heterocycles. The SMILES string of the molecule is Cc1ccccc1N1CCN(CCC(c2ccccc2)c2ccc(Cl)cc2)CC1.O=C(O)/C=C\C(=O)O. The van der Waals surface area contributed by atoms with E-state index in [0.29, 0.717) is 18.1 Å². The molecule has 1 saturated heterocycles. The number of benzene rings is 3. The molecule has 194 valence electrons. The van der Waals surface area contributed by atoms with E-state index in [2.05, 4.69) is 83.5 Å². The highest BCUT2D eigenvalue weighted by Gasteiger charge is 2.20. The number of hydrogen-bond donors (Lipinski definition) is 2. The van der Waals surface area contributed by atoms with Gasteiger partial charge >= 0.3 is 11.9 Å². The number of carbonyl (C=O) groups is 2. The number of para-hydroxylation sites is 1. The molecule has 0 aromatic heterocycles. The van der Waals surface area contributed by atoms with Crippen molar-refractivity contribution in [3.8, 4) is 0 Å². The molecule has 1 heterocycles. The first-order chi connectivity index (χ1) is 17.8. The Kier molecular flexibility index (Phi) is 10.7. The van der Waals surface area contributed by atoms with Crippen LogP contribution in [0.1, 0.15) is 29.0 Å². The Morgan fingerprint density at radius 1 is 0.811 bits per heavy atom. The fourth-order valence-electron chi connectivity index (χ4n) is 4.49. The lowest BCUT2D eigenvalue weighted by Crippen LogP contribution is -2.47. The van der Waals surface area contributed by atoms with Crippen molar-refractivity contribution in [3.05, 3.63) is 113 Å². The highest BCUT2D eigenvalue weighted by atomic mass is 35.5. The van der Waals surface area contributed by atoms with E-state index >= 15 is 0 Å². The number of halogens is 1. The lowest BCUT2D eigenvalue weighted by Gasteiger charge is -2.37. The van der Waals surface area contributed by atoms with Gasteiger partial charge in [0.15, 0.2) is 0 Å². The van der Waals surface area contributed by atoms with Crippen molar-refractivity contribution in [2.45, 2.75) is 19.3 Å². The van der Waals surface area contributed by atoms with Gasteiger partial charge < -0.3 is 15.1 Å². The van der Waals surface area contributed by atoms with E-state index in [-0.39, 0.29) is 0 Å². The third-order valence-corrected chi connectivity index (χ3v) is 6.66. The molecular formula is C30H33ClN2O4. The molecule has 4 rings (SSSR count). The van der Waals surface area contributed by atoms with E-state index in [4.69, 9.17) is 21.8 Å². The lowest BCUT2D eigenvalue weighted by molar-refractivity contribution is -0.134. The molecule has 3 aromatic rings. The molecule has 1 aliphatic rings. The lowest BCUT2D eigenvalue weighted by atomic mass is 9.88. The van der Waals surface area contributed by atoms with Crippen molar-refractivity contribution in [2.75, 3.05) is 37.6 Å². The Labute approximate surface area is 223 Å². The number of piperazine rings is 1. The van der Waals surface area contributed by atoms with Crippen molar-refractivity contribution in [1.82, 2.24) is 4.90 Å². The second kappa shape index (κ2) is 14.2. The third kappa shape index (κ3) is 9.08. The van der Waals surface area contributed by atoms with Crippen LogP contribution in [0.25, 0.3) is 0 Å². The van der Waals surface area contributed by atoms with Crippen LogP contribution in [0.15, 0.2) is 91.0 Å². The zero-order valence-electron chi connectivity index (χ0n) is 21.0. The van der Waals surface area contributed by atoms with Gasteiger partial charge in [0.2, 0.25) is 0 Å². The third-order valence-electron chi connectivity index (χ3n) is 6.41. The van der Waals surface area contributed by atoms with Gasteiger partial charge in [-0.1, -0.05) is 72.3 Å². The summed E-state index contributed by atoms with van der Waals surface area (Å²) in [5.41, 5.74) is 5.48. The first kappa shape index (κ1) is 28.0. The number of aryl methyl sites for hydroxylation is 1. The predicted octanol–water partition coefficient (Wildman–Crippen LogP) is 5.70. The molecule has 7 heteroatoms. The maximum Gasteiger partial charge on any atom is 0.328 e. The topological polar surface area (TPSA) is 81.1 Å². The van der Waals surface area contributed by atoms with E-state index < -0.39 is 11.9 Å². The monoisotopic (exact) mass is 520 g/mol. The summed E-state index contributed by atoms with van der Waals surface area (Å²) in [6, 6.07) is 27.9. The van der Waals surface area contributed by atoms with E-state index in [1.807, 2.05) is 12.1 Å². The van der Waals surface area contributed by atoms with Gasteiger partial charge in [0.05, 0.1) is 0 Å². The maximum atomic E-state index is 9.55. The number of rotatable bonds is 8. The van der Waals surface area contributed by atoms with E-state index in [9.17, 15) is 9.59 Å². The van der Waals surface area contributed by atoms with Gasteiger partial charge in [-0.05, 0) is 54.8 Å². The van der Waals surface area contributed by atoms with E-state index in [1.165, 1.54) is 22.4 Å². The minimum Gasteiger partial charge on any atom is -0.478 e. The fourth-order valence-corrected chi connectivity index (χ4v) is 4.62. The van der Waals surface area contributed by atoms with Crippen LogP contribution in [0.5, 0.6) is 0 Å². The molecule has 1 fully saturated rings. The van der Waals surface area contributed by atoms with Gasteiger partial charge in [-0.15, -0.1) is 0 Å². The van der Waals surface area contributed by atoms with Crippen LogP contribution in [-0.2, 0) is 9.59 Å². The van der Waals surface area contributed by atoms with E-state index in [0.717, 1.165) is 44.2 Å². The first-order valence-corrected chi connectivity index (χ1v) is 12.7. The predicted molar refractivity (Wildman–Crippen MR) is 149 cm³/mol. The Balaban J connectivity index is 0.000000414. The molecule has 0 aliphatic carbocycles. The van der Waals surface area contributed by atoms with Crippen LogP contribution < -0.4 is 4.90 Å². The molecule has 6 nitrogen and oxygen atoms in total. The number of aliphatic carboxylic acids is 2. The molecule has 0 saturated carbocycles. The van der Waals surface area contributed by atoms with Gasteiger partial charge in [0, 0.05) is 55.0 Å². The van der Waals surface area contributed by atoms with Crippen LogP contribution in [-0.4, -0.2) is 59.8 Å². The van der Waals surface area contributed by atoms with Crippen LogP contribution in [0.2, 0.25) is 5.02 Å². The Morgan fingerprint density at radius 3 is 1.92 bits per heavy atom. The molecule has 37 heavy (non-hydrogen) atoms. The van der Waals surface area contributed by atoms with Crippen molar-refractivity contribution >= 4 is 29.2 Å². The largest absolute Gasteiger partial charge is 0.478 e. The average molecular weight is 521 g/mol. The van der Waals surface area contributed by atoms with Crippen LogP contribution in [0.4, 0.5) is 5.69 Å². The highest BCUT2D eigenvalue weighted by Crippen LogP contribution is 2.29. The van der Waals surface area contributed by atoms with Crippen molar-refractivity contribution in [2.24, 2.45) is 0 Å². The van der Waals surface area contributed by atoms with Crippen LogP contribution in [0, 0.1) is 6.92 Å². The normalized spacial score (nSPS) is 14.6. The smallest absolute Gasteiger partial charge is 0.328 e. The summed E-state index contributed by atoms with van der Waals surface area (Å²) < 4.78 is 0. The van der Waals surface area contributed by atoms with Crippen molar-refractivity contribution < 1.29 is 19.8 Å². The minimum absolute atomic E-state index is 0.405. The van der Waals surface area contributed by atoms with Gasteiger partial charge in [0.1, 0.15) is 0 Å². The van der Waals surface area contributed by atoms with Gasteiger partial charge in [0.25, 0.3) is 0 Å². The quantitative estimate of drug-likeness (QED) is 0.371. The molecule has 0 bridgehead atoms. The van der Waals surface area contributed by atoms with E-state index in [1.54, 1.807) is 0 Å². The first-order valence-electron chi connectivity index (χ1n) is 12.3. The molecule has 3 aromatic carbocycles. The Hall–Kier alpha value is -3.61. The Morgan fingerprint density at radius 2 is 1.35 bits per heavy atom. The average Bonchev–Trinajstić information content (AvgIpc) is 2.90. The highest BCUT2D eigenvalue weighted by molar-refractivity contribution is 6.30. The van der Waals surface area contributed by atoms with Crippen LogP contribution >= 0.6 is 11.6 Å². The number of carboxylic acid groups (broad SMARTS) is 2. The fraction of sp³-hybridized carbons (Fsp3) is 0.267. The molecule has 2 N–H and O–H groups in total.